The van der Waals surface area contributed by atoms with E-state index in [1.165, 1.54) is 0 Å². The first-order valence-electron chi connectivity index (χ1n) is 5.15. The van der Waals surface area contributed by atoms with Crippen molar-refractivity contribution in [2.75, 3.05) is 0 Å². The van der Waals surface area contributed by atoms with Crippen molar-refractivity contribution in [1.82, 2.24) is 13.7 Å². The van der Waals surface area contributed by atoms with Crippen molar-refractivity contribution < 1.29 is 5.11 Å². The Labute approximate surface area is 102 Å². The van der Waals surface area contributed by atoms with Crippen LogP contribution in [0.3, 0.4) is 0 Å². The number of hydrogen-bond donors (Lipinski definition) is 1. The van der Waals surface area contributed by atoms with E-state index in [1.54, 1.807) is 12.4 Å². The molecule has 0 aliphatic rings. The fourth-order valence-corrected chi connectivity index (χ4v) is 2.26. The van der Waals surface area contributed by atoms with Crippen molar-refractivity contribution in [1.29, 1.82) is 0 Å². The molecule has 84 valence electrons. The second-order valence-corrected chi connectivity index (χ2v) is 4.21. The minimum Gasteiger partial charge on any atom is -0.382 e. The lowest BCUT2D eigenvalue weighted by Crippen LogP contribution is -2.00. The van der Waals surface area contributed by atoms with Crippen molar-refractivity contribution >= 4 is 22.6 Å². The number of fused-ring (bicyclic) bond motifs is 1. The zero-order chi connectivity index (χ0) is 11.7. The molecular weight excluding hydrogens is 234 g/mol. The lowest BCUT2D eigenvalue weighted by Gasteiger charge is -2.10. The van der Waals surface area contributed by atoms with Crippen molar-refractivity contribution in [2.24, 2.45) is 0 Å². The molecule has 1 N–H and O–H groups in total. The van der Waals surface area contributed by atoms with Crippen LogP contribution in [0.4, 0.5) is 0 Å². The lowest BCUT2D eigenvalue weighted by atomic mass is 10.0. The molecule has 0 fully saturated rings. The van der Waals surface area contributed by atoms with Crippen LogP contribution in [0.2, 0.25) is 0 Å². The molecule has 0 aliphatic carbocycles. The summed E-state index contributed by atoms with van der Waals surface area (Å²) in [7, 11) is 0. The smallest absolute Gasteiger partial charge is 0.124 e. The minimum absolute atomic E-state index is 0.575. The first kappa shape index (κ1) is 10.3. The molecule has 2 aromatic heterocycles. The Hall–Kier alpha value is -1.85. The van der Waals surface area contributed by atoms with E-state index in [0.29, 0.717) is 5.69 Å². The molecule has 3 aromatic rings. The van der Waals surface area contributed by atoms with E-state index in [4.69, 9.17) is 0 Å². The van der Waals surface area contributed by atoms with Crippen LogP contribution in [0.1, 0.15) is 17.4 Å². The number of aliphatic hydroxyl groups excluding tert-OH is 1. The van der Waals surface area contributed by atoms with Gasteiger partial charge in [-0.1, -0.05) is 18.2 Å². The standard InChI is InChI=1S/C12H9N3OS/c16-12(11-7-14-17-15-11)9-3-1-5-10-8(9)4-2-6-13-10/h1-7,12,16H. The highest BCUT2D eigenvalue weighted by Gasteiger charge is 2.15. The molecule has 0 bridgehead atoms. The average Bonchev–Trinajstić information content (AvgIpc) is 2.91. The van der Waals surface area contributed by atoms with Crippen molar-refractivity contribution in [3.8, 4) is 0 Å². The zero-order valence-corrected chi connectivity index (χ0v) is 9.63. The Morgan fingerprint density at radius 2 is 2.12 bits per heavy atom. The maximum atomic E-state index is 10.3. The first-order chi connectivity index (χ1) is 8.36. The van der Waals surface area contributed by atoms with Crippen molar-refractivity contribution in [3.63, 3.8) is 0 Å². The molecule has 2 heterocycles. The van der Waals surface area contributed by atoms with Gasteiger partial charge in [-0.15, -0.1) is 0 Å². The topological polar surface area (TPSA) is 58.9 Å². The van der Waals surface area contributed by atoms with Crippen molar-refractivity contribution in [2.45, 2.75) is 6.10 Å². The molecule has 0 radical (unpaired) electrons. The molecule has 0 amide bonds. The van der Waals surface area contributed by atoms with Gasteiger partial charge in [-0.2, -0.15) is 8.75 Å². The van der Waals surface area contributed by atoms with Crippen LogP contribution in [-0.4, -0.2) is 18.8 Å². The van der Waals surface area contributed by atoms with E-state index in [0.717, 1.165) is 28.2 Å². The number of benzene rings is 1. The summed E-state index contributed by atoms with van der Waals surface area (Å²) in [5.41, 5.74) is 2.25. The molecule has 0 aliphatic heterocycles. The molecule has 0 saturated heterocycles. The van der Waals surface area contributed by atoms with Gasteiger partial charge in [0.1, 0.15) is 11.8 Å². The predicted molar refractivity (Wildman–Crippen MR) is 65.7 cm³/mol. The van der Waals surface area contributed by atoms with E-state index in [2.05, 4.69) is 13.7 Å². The predicted octanol–water partition coefficient (Wildman–Crippen LogP) is 2.17. The lowest BCUT2D eigenvalue weighted by molar-refractivity contribution is 0.218. The Morgan fingerprint density at radius 1 is 1.18 bits per heavy atom. The van der Waals surface area contributed by atoms with Gasteiger partial charge in [0.25, 0.3) is 0 Å². The summed E-state index contributed by atoms with van der Waals surface area (Å²) in [6.07, 6.45) is 2.58. The van der Waals surface area contributed by atoms with Gasteiger partial charge >= 0.3 is 0 Å². The number of aromatic nitrogens is 3. The number of pyridine rings is 1. The van der Waals surface area contributed by atoms with E-state index in [9.17, 15) is 5.11 Å². The summed E-state index contributed by atoms with van der Waals surface area (Å²) in [5.74, 6) is 0. The Balaban J connectivity index is 2.17. The largest absolute Gasteiger partial charge is 0.382 e. The molecular formula is C12H9N3OS. The van der Waals surface area contributed by atoms with E-state index >= 15 is 0 Å². The fraction of sp³-hybridized carbons (Fsp3) is 0.0833. The summed E-state index contributed by atoms with van der Waals surface area (Å²) in [6, 6.07) is 9.49. The monoisotopic (exact) mass is 243 g/mol. The highest BCUT2D eigenvalue weighted by atomic mass is 32.1. The van der Waals surface area contributed by atoms with Gasteiger partial charge in [-0.25, -0.2) is 0 Å². The van der Waals surface area contributed by atoms with Crippen LogP contribution in [0.25, 0.3) is 10.9 Å². The third kappa shape index (κ3) is 1.79. The van der Waals surface area contributed by atoms with Crippen LogP contribution in [-0.2, 0) is 0 Å². The zero-order valence-electron chi connectivity index (χ0n) is 8.82. The fourth-order valence-electron chi connectivity index (χ4n) is 1.82. The molecule has 0 saturated carbocycles. The Bertz CT molecular complexity index is 634. The summed E-state index contributed by atoms with van der Waals surface area (Å²) in [6.45, 7) is 0. The second-order valence-electron chi connectivity index (χ2n) is 3.65. The SMILES string of the molecule is OC(c1cnsn1)c1cccc2ncccc12. The van der Waals surface area contributed by atoms with Crippen LogP contribution < -0.4 is 0 Å². The van der Waals surface area contributed by atoms with Gasteiger partial charge in [0.2, 0.25) is 0 Å². The summed E-state index contributed by atoms with van der Waals surface area (Å²) in [4.78, 5) is 4.26. The minimum atomic E-state index is -0.748. The molecule has 17 heavy (non-hydrogen) atoms. The highest BCUT2D eigenvalue weighted by molar-refractivity contribution is 6.99. The van der Waals surface area contributed by atoms with Crippen LogP contribution in [0, 0.1) is 0 Å². The summed E-state index contributed by atoms with van der Waals surface area (Å²) < 4.78 is 7.96. The molecule has 0 spiro atoms. The molecule has 1 atom stereocenters. The Kier molecular flexibility index (Phi) is 2.55. The van der Waals surface area contributed by atoms with Gasteiger partial charge in [0.15, 0.2) is 0 Å². The summed E-state index contributed by atoms with van der Waals surface area (Å²) >= 11 is 1.09. The number of nitrogens with zero attached hydrogens (tertiary/aromatic N) is 3. The van der Waals surface area contributed by atoms with Gasteiger partial charge in [-0.3, -0.25) is 4.98 Å². The van der Waals surface area contributed by atoms with Gasteiger partial charge < -0.3 is 5.11 Å². The highest BCUT2D eigenvalue weighted by Crippen LogP contribution is 2.26. The summed E-state index contributed by atoms with van der Waals surface area (Å²) in [5, 5.41) is 11.2. The van der Waals surface area contributed by atoms with Crippen LogP contribution >= 0.6 is 11.7 Å². The normalized spacial score (nSPS) is 12.8. The van der Waals surface area contributed by atoms with E-state index in [-0.39, 0.29) is 0 Å². The van der Waals surface area contributed by atoms with E-state index < -0.39 is 6.10 Å². The quantitative estimate of drug-likeness (QED) is 0.749. The van der Waals surface area contributed by atoms with Gasteiger partial charge in [0, 0.05) is 11.6 Å². The first-order valence-corrected chi connectivity index (χ1v) is 5.88. The molecule has 1 aromatic carbocycles. The molecule has 5 heteroatoms. The second kappa shape index (κ2) is 4.20. The third-order valence-electron chi connectivity index (χ3n) is 2.63. The number of aliphatic hydroxyl groups is 1. The van der Waals surface area contributed by atoms with Crippen molar-refractivity contribution in [3.05, 3.63) is 54.0 Å². The third-order valence-corrected chi connectivity index (χ3v) is 3.12. The maximum absolute atomic E-state index is 10.3. The number of hydrogen-bond acceptors (Lipinski definition) is 5. The van der Waals surface area contributed by atoms with Crippen LogP contribution in [0.15, 0.2) is 42.7 Å². The van der Waals surface area contributed by atoms with Crippen LogP contribution in [0.5, 0.6) is 0 Å². The molecule has 4 nitrogen and oxygen atoms in total. The number of rotatable bonds is 2. The Morgan fingerprint density at radius 3 is 2.94 bits per heavy atom. The van der Waals surface area contributed by atoms with Gasteiger partial charge in [-0.05, 0) is 17.7 Å². The average molecular weight is 243 g/mol. The van der Waals surface area contributed by atoms with E-state index in [1.807, 2.05) is 30.3 Å². The van der Waals surface area contributed by atoms with Gasteiger partial charge in [0.05, 0.1) is 23.4 Å². The molecule has 1 unspecified atom stereocenters. The maximum Gasteiger partial charge on any atom is 0.124 e. The molecule has 3 rings (SSSR count).